The summed E-state index contributed by atoms with van der Waals surface area (Å²) in [4.78, 5) is 0.474. The molecule has 1 N–H and O–H groups in total. The van der Waals surface area contributed by atoms with Crippen LogP contribution in [0.1, 0.15) is 24.0 Å². The van der Waals surface area contributed by atoms with Crippen molar-refractivity contribution in [2.45, 2.75) is 36.6 Å². The van der Waals surface area contributed by atoms with Gasteiger partial charge in [0.05, 0.1) is 17.3 Å². The molecule has 1 fully saturated rings. The third-order valence-electron chi connectivity index (χ3n) is 4.73. The molecular weight excluding hydrogens is 286 g/mol. The predicted octanol–water partition coefficient (Wildman–Crippen LogP) is 1.57. The molecule has 1 aromatic rings. The van der Waals surface area contributed by atoms with Crippen molar-refractivity contribution in [3.63, 3.8) is 0 Å². The highest BCUT2D eigenvalue weighted by atomic mass is 32.2. The molecule has 1 aliphatic heterocycles. The molecular formula is C16H23NO3S. The standard InChI is InChI=1S/C16H23NO3S/c1-17-16(14-7-8-20-10-14)11-21(18,19)15-6-5-12-3-2-4-13(12)9-15/h5-6,9,14,16-17H,2-4,7-8,10-11H2,1H3. The Balaban J connectivity index is 1.79. The Morgan fingerprint density at radius 3 is 2.86 bits per heavy atom. The topological polar surface area (TPSA) is 55.4 Å². The molecule has 1 saturated heterocycles. The van der Waals surface area contributed by atoms with Crippen molar-refractivity contribution in [3.05, 3.63) is 29.3 Å². The number of benzene rings is 1. The molecule has 2 atom stereocenters. The summed E-state index contributed by atoms with van der Waals surface area (Å²) in [6, 6.07) is 5.61. The molecule has 0 spiro atoms. The van der Waals surface area contributed by atoms with E-state index in [2.05, 4.69) is 5.32 Å². The van der Waals surface area contributed by atoms with Gasteiger partial charge in [0.15, 0.2) is 9.84 Å². The third kappa shape index (κ3) is 3.15. The zero-order chi connectivity index (χ0) is 14.9. The van der Waals surface area contributed by atoms with Crippen LogP contribution in [-0.2, 0) is 27.4 Å². The number of nitrogens with one attached hydrogen (secondary N) is 1. The summed E-state index contributed by atoms with van der Waals surface area (Å²) in [6.45, 7) is 1.40. The zero-order valence-corrected chi connectivity index (χ0v) is 13.3. The van der Waals surface area contributed by atoms with Crippen LogP contribution in [0.2, 0.25) is 0 Å². The fraction of sp³-hybridized carbons (Fsp3) is 0.625. The summed E-state index contributed by atoms with van der Waals surface area (Å²) >= 11 is 0. The summed E-state index contributed by atoms with van der Waals surface area (Å²) in [5, 5.41) is 3.16. The van der Waals surface area contributed by atoms with Crippen LogP contribution >= 0.6 is 0 Å². The normalized spacial score (nSPS) is 23.2. The monoisotopic (exact) mass is 309 g/mol. The van der Waals surface area contributed by atoms with Crippen molar-refractivity contribution in [2.24, 2.45) is 5.92 Å². The Labute approximate surface area is 126 Å². The van der Waals surface area contributed by atoms with Crippen molar-refractivity contribution in [1.82, 2.24) is 5.32 Å². The van der Waals surface area contributed by atoms with Crippen LogP contribution in [0.3, 0.4) is 0 Å². The largest absolute Gasteiger partial charge is 0.381 e. The van der Waals surface area contributed by atoms with Gasteiger partial charge in [-0.25, -0.2) is 8.42 Å². The first-order valence-electron chi connectivity index (χ1n) is 7.70. The van der Waals surface area contributed by atoms with E-state index in [1.54, 1.807) is 6.07 Å². The Bertz CT molecular complexity index is 606. The predicted molar refractivity (Wildman–Crippen MR) is 82.3 cm³/mol. The number of hydrogen-bond donors (Lipinski definition) is 1. The van der Waals surface area contributed by atoms with Gasteiger partial charge in [0.25, 0.3) is 0 Å². The number of rotatable bonds is 5. The molecule has 5 heteroatoms. The van der Waals surface area contributed by atoms with E-state index in [1.807, 2.05) is 19.2 Å². The summed E-state index contributed by atoms with van der Waals surface area (Å²) in [6.07, 6.45) is 4.15. The highest BCUT2D eigenvalue weighted by molar-refractivity contribution is 7.91. The molecule has 1 heterocycles. The molecule has 21 heavy (non-hydrogen) atoms. The second kappa shape index (κ2) is 6.07. The first-order chi connectivity index (χ1) is 10.1. The summed E-state index contributed by atoms with van der Waals surface area (Å²) in [7, 11) is -1.41. The molecule has 1 aromatic carbocycles. The Kier molecular flexibility index (Phi) is 4.33. The van der Waals surface area contributed by atoms with Crippen LogP contribution in [0.15, 0.2) is 23.1 Å². The van der Waals surface area contributed by atoms with Gasteiger partial charge in [-0.3, -0.25) is 0 Å². The fourth-order valence-electron chi connectivity index (χ4n) is 3.40. The van der Waals surface area contributed by atoms with Crippen LogP contribution in [0.4, 0.5) is 0 Å². The number of hydrogen-bond acceptors (Lipinski definition) is 4. The molecule has 2 aliphatic rings. The van der Waals surface area contributed by atoms with E-state index in [-0.39, 0.29) is 11.8 Å². The van der Waals surface area contributed by atoms with Crippen LogP contribution < -0.4 is 5.32 Å². The summed E-state index contributed by atoms with van der Waals surface area (Å²) < 4.78 is 30.7. The maximum atomic E-state index is 12.7. The van der Waals surface area contributed by atoms with E-state index in [9.17, 15) is 8.42 Å². The lowest BCUT2D eigenvalue weighted by Crippen LogP contribution is -2.40. The van der Waals surface area contributed by atoms with Gasteiger partial charge in [0.1, 0.15) is 0 Å². The molecule has 2 unspecified atom stereocenters. The van der Waals surface area contributed by atoms with Crippen molar-refractivity contribution < 1.29 is 13.2 Å². The van der Waals surface area contributed by atoms with Gasteiger partial charge in [0.2, 0.25) is 0 Å². The quantitative estimate of drug-likeness (QED) is 0.897. The van der Waals surface area contributed by atoms with E-state index in [1.165, 1.54) is 11.1 Å². The molecule has 0 radical (unpaired) electrons. The molecule has 3 rings (SSSR count). The average Bonchev–Trinajstić information content (AvgIpc) is 3.14. The highest BCUT2D eigenvalue weighted by Crippen LogP contribution is 2.26. The number of aryl methyl sites for hydroxylation is 2. The highest BCUT2D eigenvalue weighted by Gasteiger charge is 2.30. The molecule has 4 nitrogen and oxygen atoms in total. The van der Waals surface area contributed by atoms with Gasteiger partial charge >= 0.3 is 0 Å². The van der Waals surface area contributed by atoms with E-state index < -0.39 is 9.84 Å². The lowest BCUT2D eigenvalue weighted by Gasteiger charge is -2.21. The minimum Gasteiger partial charge on any atom is -0.381 e. The molecule has 1 aliphatic carbocycles. The maximum Gasteiger partial charge on any atom is 0.179 e. The Hall–Kier alpha value is -0.910. The Morgan fingerprint density at radius 1 is 1.33 bits per heavy atom. The van der Waals surface area contributed by atoms with Crippen molar-refractivity contribution in [2.75, 3.05) is 26.0 Å². The molecule has 0 bridgehead atoms. The van der Waals surface area contributed by atoms with Gasteiger partial charge in [-0.2, -0.15) is 0 Å². The molecule has 116 valence electrons. The van der Waals surface area contributed by atoms with Gasteiger partial charge in [-0.15, -0.1) is 0 Å². The smallest absolute Gasteiger partial charge is 0.179 e. The van der Waals surface area contributed by atoms with Crippen LogP contribution in [-0.4, -0.2) is 40.5 Å². The number of sulfone groups is 1. The first-order valence-corrected chi connectivity index (χ1v) is 9.35. The average molecular weight is 309 g/mol. The Morgan fingerprint density at radius 2 is 2.14 bits per heavy atom. The molecule has 0 saturated carbocycles. The van der Waals surface area contributed by atoms with Crippen LogP contribution in [0.25, 0.3) is 0 Å². The lowest BCUT2D eigenvalue weighted by atomic mass is 10.0. The SMILES string of the molecule is CNC(CS(=O)(=O)c1ccc2c(c1)CCC2)C1CCOC1. The lowest BCUT2D eigenvalue weighted by molar-refractivity contribution is 0.179. The number of fused-ring (bicyclic) bond motifs is 1. The van der Waals surface area contributed by atoms with E-state index in [0.717, 1.165) is 32.3 Å². The zero-order valence-electron chi connectivity index (χ0n) is 12.5. The fourth-order valence-corrected chi connectivity index (χ4v) is 5.10. The third-order valence-corrected chi connectivity index (χ3v) is 6.50. The van der Waals surface area contributed by atoms with Gasteiger partial charge < -0.3 is 10.1 Å². The summed E-state index contributed by atoms with van der Waals surface area (Å²) in [5.74, 6) is 0.440. The minimum absolute atomic E-state index is 0.0363. The van der Waals surface area contributed by atoms with Crippen molar-refractivity contribution in [1.29, 1.82) is 0 Å². The van der Waals surface area contributed by atoms with Crippen LogP contribution in [0.5, 0.6) is 0 Å². The summed E-state index contributed by atoms with van der Waals surface area (Å²) in [5.41, 5.74) is 2.52. The van der Waals surface area contributed by atoms with Crippen molar-refractivity contribution in [3.8, 4) is 0 Å². The van der Waals surface area contributed by atoms with E-state index >= 15 is 0 Å². The number of ether oxygens (including phenoxy) is 1. The maximum absolute atomic E-state index is 12.7. The molecule has 0 amide bonds. The van der Waals surface area contributed by atoms with E-state index in [0.29, 0.717) is 17.4 Å². The van der Waals surface area contributed by atoms with Gasteiger partial charge in [-0.1, -0.05) is 6.07 Å². The first kappa shape index (κ1) is 15.0. The van der Waals surface area contributed by atoms with E-state index in [4.69, 9.17) is 4.74 Å². The minimum atomic E-state index is -3.25. The second-order valence-corrected chi connectivity index (χ2v) is 8.12. The second-order valence-electron chi connectivity index (χ2n) is 6.08. The van der Waals surface area contributed by atoms with Gasteiger partial charge in [-0.05, 0) is 56.0 Å². The van der Waals surface area contributed by atoms with Crippen molar-refractivity contribution >= 4 is 9.84 Å². The molecule has 0 aromatic heterocycles. The van der Waals surface area contributed by atoms with Gasteiger partial charge in [0, 0.05) is 18.6 Å². The van der Waals surface area contributed by atoms with Crippen LogP contribution in [0, 0.1) is 5.92 Å².